The molecule has 0 saturated carbocycles. The van der Waals surface area contributed by atoms with E-state index in [1.165, 1.54) is 6.07 Å². The Morgan fingerprint density at radius 2 is 2.19 bits per heavy atom. The Morgan fingerprint density at radius 1 is 1.50 bits per heavy atom. The lowest BCUT2D eigenvalue weighted by atomic mass is 10.0. The maximum absolute atomic E-state index is 13.5. The molecule has 0 aromatic heterocycles. The van der Waals surface area contributed by atoms with E-state index in [2.05, 4.69) is 15.9 Å². The molecule has 0 atom stereocenters. The summed E-state index contributed by atoms with van der Waals surface area (Å²) in [5.41, 5.74) is 2.12. The summed E-state index contributed by atoms with van der Waals surface area (Å²) < 4.78 is 18.3. The number of carbonyl (C=O) groups excluding carboxylic acids is 1. The van der Waals surface area contributed by atoms with Crippen LogP contribution >= 0.6 is 15.9 Å². The highest BCUT2D eigenvalue weighted by Crippen LogP contribution is 2.18. The molecular weight excluding hydrogens is 275 g/mol. The smallest absolute Gasteiger partial charge is 0.310 e. The van der Waals surface area contributed by atoms with Crippen molar-refractivity contribution in [3.05, 3.63) is 34.6 Å². The Bertz CT molecular complexity index is 391. The van der Waals surface area contributed by atoms with Crippen LogP contribution in [0.3, 0.4) is 0 Å². The van der Waals surface area contributed by atoms with Gasteiger partial charge in [0.15, 0.2) is 0 Å². The first kappa shape index (κ1) is 13.2. The standard InChI is InChI=1S/C12H14BrFO2/c1-3-16-12(15)6-9-4-10(7-13)8(2)11(14)5-9/h4-5H,3,6-7H2,1-2H3. The van der Waals surface area contributed by atoms with Crippen molar-refractivity contribution in [2.24, 2.45) is 0 Å². The Morgan fingerprint density at radius 3 is 2.75 bits per heavy atom. The molecule has 0 aliphatic carbocycles. The first-order chi connectivity index (χ1) is 7.58. The number of benzene rings is 1. The maximum atomic E-state index is 13.5. The molecule has 0 N–H and O–H groups in total. The van der Waals surface area contributed by atoms with Gasteiger partial charge >= 0.3 is 5.97 Å². The van der Waals surface area contributed by atoms with Crippen LogP contribution in [0.1, 0.15) is 23.6 Å². The molecule has 1 rings (SSSR count). The summed E-state index contributed by atoms with van der Waals surface area (Å²) in [4.78, 5) is 11.3. The topological polar surface area (TPSA) is 26.3 Å². The van der Waals surface area contributed by atoms with E-state index in [4.69, 9.17) is 4.74 Å². The molecule has 0 spiro atoms. The van der Waals surface area contributed by atoms with Gasteiger partial charge in [-0.2, -0.15) is 0 Å². The zero-order valence-corrected chi connectivity index (χ0v) is 10.9. The van der Waals surface area contributed by atoms with Crippen LogP contribution in [0, 0.1) is 12.7 Å². The van der Waals surface area contributed by atoms with E-state index in [-0.39, 0.29) is 18.2 Å². The van der Waals surface area contributed by atoms with E-state index in [1.54, 1.807) is 13.8 Å². The summed E-state index contributed by atoms with van der Waals surface area (Å²) >= 11 is 3.29. The SMILES string of the molecule is CCOC(=O)Cc1cc(F)c(C)c(CBr)c1. The molecule has 0 bridgehead atoms. The molecular formula is C12H14BrFO2. The number of rotatable bonds is 4. The van der Waals surface area contributed by atoms with Crippen LogP contribution in [0.5, 0.6) is 0 Å². The maximum Gasteiger partial charge on any atom is 0.310 e. The molecule has 2 nitrogen and oxygen atoms in total. The fourth-order valence-electron chi connectivity index (χ4n) is 1.42. The minimum atomic E-state index is -0.328. The van der Waals surface area contributed by atoms with Crippen molar-refractivity contribution in [1.29, 1.82) is 0 Å². The number of halogens is 2. The van der Waals surface area contributed by atoms with Gasteiger partial charge in [0.2, 0.25) is 0 Å². The second-order valence-corrected chi connectivity index (χ2v) is 4.04. The largest absolute Gasteiger partial charge is 0.466 e. The summed E-state index contributed by atoms with van der Waals surface area (Å²) in [6, 6.07) is 3.21. The lowest BCUT2D eigenvalue weighted by Crippen LogP contribution is -2.08. The molecule has 0 heterocycles. The summed E-state index contributed by atoms with van der Waals surface area (Å²) in [7, 11) is 0. The minimum Gasteiger partial charge on any atom is -0.466 e. The summed E-state index contributed by atoms with van der Waals surface area (Å²) in [5, 5.41) is 0.576. The molecule has 16 heavy (non-hydrogen) atoms. The number of esters is 1. The van der Waals surface area contributed by atoms with E-state index >= 15 is 0 Å². The van der Waals surface area contributed by atoms with Crippen molar-refractivity contribution in [3.8, 4) is 0 Å². The molecule has 0 fully saturated rings. The third-order valence-electron chi connectivity index (χ3n) is 2.31. The van der Waals surface area contributed by atoms with Crippen LogP contribution in [-0.4, -0.2) is 12.6 Å². The van der Waals surface area contributed by atoms with Gasteiger partial charge in [0.05, 0.1) is 13.0 Å². The van der Waals surface area contributed by atoms with Gasteiger partial charge in [-0.05, 0) is 36.6 Å². The van der Waals surface area contributed by atoms with Gasteiger partial charge < -0.3 is 4.74 Å². The number of hydrogen-bond donors (Lipinski definition) is 0. The predicted molar refractivity (Wildman–Crippen MR) is 64.1 cm³/mol. The van der Waals surface area contributed by atoms with Crippen LogP contribution in [0.25, 0.3) is 0 Å². The molecule has 0 aliphatic heterocycles. The molecule has 1 aromatic rings. The zero-order valence-electron chi connectivity index (χ0n) is 9.35. The zero-order chi connectivity index (χ0) is 12.1. The van der Waals surface area contributed by atoms with Crippen molar-refractivity contribution in [3.63, 3.8) is 0 Å². The van der Waals surface area contributed by atoms with E-state index in [0.29, 0.717) is 23.1 Å². The Hall–Kier alpha value is -0.900. The minimum absolute atomic E-state index is 0.116. The monoisotopic (exact) mass is 288 g/mol. The lowest BCUT2D eigenvalue weighted by Gasteiger charge is -2.08. The highest BCUT2D eigenvalue weighted by Gasteiger charge is 2.09. The number of ether oxygens (including phenoxy) is 1. The first-order valence-electron chi connectivity index (χ1n) is 5.08. The van der Waals surface area contributed by atoms with E-state index in [9.17, 15) is 9.18 Å². The van der Waals surface area contributed by atoms with E-state index in [0.717, 1.165) is 5.56 Å². The van der Waals surface area contributed by atoms with Crippen molar-refractivity contribution in [2.75, 3.05) is 6.61 Å². The van der Waals surface area contributed by atoms with Crippen LogP contribution in [0.15, 0.2) is 12.1 Å². The Balaban J connectivity index is 2.89. The van der Waals surface area contributed by atoms with Crippen LogP contribution < -0.4 is 0 Å². The van der Waals surface area contributed by atoms with Crippen LogP contribution in [-0.2, 0) is 21.3 Å². The summed E-state index contributed by atoms with van der Waals surface area (Å²) in [6.45, 7) is 3.82. The Labute approximate surface area is 103 Å². The van der Waals surface area contributed by atoms with Gasteiger partial charge in [0, 0.05) is 5.33 Å². The van der Waals surface area contributed by atoms with Gasteiger partial charge in [-0.1, -0.05) is 22.0 Å². The highest BCUT2D eigenvalue weighted by atomic mass is 79.9. The van der Waals surface area contributed by atoms with Gasteiger partial charge in [-0.3, -0.25) is 4.79 Å². The van der Waals surface area contributed by atoms with Gasteiger partial charge in [-0.15, -0.1) is 0 Å². The average molecular weight is 289 g/mol. The van der Waals surface area contributed by atoms with Gasteiger partial charge in [-0.25, -0.2) is 4.39 Å². The van der Waals surface area contributed by atoms with Crippen LogP contribution in [0.2, 0.25) is 0 Å². The number of hydrogen-bond acceptors (Lipinski definition) is 2. The van der Waals surface area contributed by atoms with Crippen LogP contribution in [0.4, 0.5) is 4.39 Å². The average Bonchev–Trinajstić information content (AvgIpc) is 2.23. The van der Waals surface area contributed by atoms with E-state index < -0.39 is 0 Å². The normalized spacial score (nSPS) is 10.2. The van der Waals surface area contributed by atoms with Crippen molar-refractivity contribution in [1.82, 2.24) is 0 Å². The van der Waals surface area contributed by atoms with Crippen molar-refractivity contribution in [2.45, 2.75) is 25.6 Å². The molecule has 1 aromatic carbocycles. The summed E-state index contributed by atoms with van der Waals surface area (Å²) in [6.07, 6.45) is 0.116. The number of carbonyl (C=O) groups is 1. The molecule has 0 unspecified atom stereocenters. The second-order valence-electron chi connectivity index (χ2n) is 3.48. The molecule has 0 radical (unpaired) electrons. The second kappa shape index (κ2) is 5.99. The van der Waals surface area contributed by atoms with Gasteiger partial charge in [0.25, 0.3) is 0 Å². The highest BCUT2D eigenvalue weighted by molar-refractivity contribution is 9.08. The fraction of sp³-hybridized carbons (Fsp3) is 0.417. The van der Waals surface area contributed by atoms with Gasteiger partial charge in [0.1, 0.15) is 5.82 Å². The molecule has 0 amide bonds. The molecule has 0 aliphatic rings. The molecule has 88 valence electrons. The third kappa shape index (κ3) is 3.30. The Kier molecular flexibility index (Phi) is 4.93. The fourth-order valence-corrected chi connectivity index (χ4v) is 2.00. The lowest BCUT2D eigenvalue weighted by molar-refractivity contribution is -0.142. The summed E-state index contributed by atoms with van der Waals surface area (Å²) in [5.74, 6) is -0.609. The van der Waals surface area contributed by atoms with E-state index in [1.807, 2.05) is 6.07 Å². The first-order valence-corrected chi connectivity index (χ1v) is 6.20. The van der Waals surface area contributed by atoms with Crippen molar-refractivity contribution < 1.29 is 13.9 Å². The predicted octanol–water partition coefficient (Wildman–Crippen LogP) is 3.13. The molecule has 4 heteroatoms. The quantitative estimate of drug-likeness (QED) is 0.629. The van der Waals surface area contributed by atoms with Crippen molar-refractivity contribution >= 4 is 21.9 Å². The molecule has 0 saturated heterocycles. The number of alkyl halides is 1. The third-order valence-corrected chi connectivity index (χ3v) is 2.91.